The molecule has 7 heteroatoms. The van der Waals surface area contributed by atoms with Gasteiger partial charge in [0.1, 0.15) is 5.82 Å². The van der Waals surface area contributed by atoms with E-state index in [9.17, 15) is 10.1 Å². The number of nitro benzene ring substituents is 1. The Morgan fingerprint density at radius 1 is 1.32 bits per heavy atom. The highest BCUT2D eigenvalue weighted by atomic mass is 16.6. The number of hydrogen-bond donors (Lipinski definition) is 1. The van der Waals surface area contributed by atoms with Gasteiger partial charge in [0, 0.05) is 36.6 Å². The van der Waals surface area contributed by atoms with E-state index in [0.29, 0.717) is 11.8 Å². The van der Waals surface area contributed by atoms with E-state index in [0.717, 1.165) is 55.3 Å². The summed E-state index contributed by atoms with van der Waals surface area (Å²) in [7, 11) is 0. The second-order valence-electron chi connectivity index (χ2n) is 7.25. The standard InChI is InChI=1S/C18H23N5O2/c1-12-14(4-2-6-16(12)23(24)25)10-22-9-3-5-15(11-22)18-19-17(20-21-18)13-7-8-13/h2,4,6,13,15H,3,5,7-11H2,1H3,(H,19,20,21). The van der Waals surface area contributed by atoms with Gasteiger partial charge in [-0.05, 0) is 44.7 Å². The van der Waals surface area contributed by atoms with Crippen LogP contribution in [-0.4, -0.2) is 38.1 Å². The zero-order chi connectivity index (χ0) is 17.4. The van der Waals surface area contributed by atoms with Crippen molar-refractivity contribution in [1.29, 1.82) is 0 Å². The van der Waals surface area contributed by atoms with Crippen LogP contribution in [0.5, 0.6) is 0 Å². The molecule has 1 aromatic carbocycles. The van der Waals surface area contributed by atoms with Gasteiger partial charge in [0.05, 0.1) is 4.92 Å². The van der Waals surface area contributed by atoms with Crippen LogP contribution < -0.4 is 0 Å². The van der Waals surface area contributed by atoms with Crippen molar-refractivity contribution in [3.8, 4) is 0 Å². The highest BCUT2D eigenvalue weighted by Crippen LogP contribution is 2.38. The highest BCUT2D eigenvalue weighted by Gasteiger charge is 2.30. The summed E-state index contributed by atoms with van der Waals surface area (Å²) in [6.45, 7) is 4.50. The van der Waals surface area contributed by atoms with Crippen molar-refractivity contribution in [2.24, 2.45) is 0 Å². The number of likely N-dealkylation sites (tertiary alicyclic amines) is 1. The van der Waals surface area contributed by atoms with E-state index < -0.39 is 0 Å². The molecule has 0 radical (unpaired) electrons. The van der Waals surface area contributed by atoms with Gasteiger partial charge in [0.25, 0.3) is 5.69 Å². The lowest BCUT2D eigenvalue weighted by atomic mass is 9.96. The maximum absolute atomic E-state index is 11.1. The van der Waals surface area contributed by atoms with E-state index in [2.05, 4.69) is 15.1 Å². The molecule has 1 saturated heterocycles. The fourth-order valence-electron chi connectivity index (χ4n) is 3.70. The number of benzene rings is 1. The average Bonchev–Trinajstić information content (AvgIpc) is 3.34. The van der Waals surface area contributed by atoms with Crippen molar-refractivity contribution in [3.63, 3.8) is 0 Å². The maximum Gasteiger partial charge on any atom is 0.272 e. The Balaban J connectivity index is 1.46. The topological polar surface area (TPSA) is 88.0 Å². The average molecular weight is 341 g/mol. The summed E-state index contributed by atoms with van der Waals surface area (Å²) in [6, 6.07) is 5.34. The van der Waals surface area contributed by atoms with Gasteiger partial charge < -0.3 is 0 Å². The van der Waals surface area contributed by atoms with Gasteiger partial charge in [-0.25, -0.2) is 4.98 Å². The van der Waals surface area contributed by atoms with Crippen LogP contribution in [-0.2, 0) is 6.54 Å². The zero-order valence-electron chi connectivity index (χ0n) is 14.4. The first-order chi connectivity index (χ1) is 12.1. The van der Waals surface area contributed by atoms with Crippen molar-refractivity contribution in [3.05, 3.63) is 51.1 Å². The summed E-state index contributed by atoms with van der Waals surface area (Å²) < 4.78 is 0. The Morgan fingerprint density at radius 3 is 2.92 bits per heavy atom. The van der Waals surface area contributed by atoms with Crippen LogP contribution in [0.3, 0.4) is 0 Å². The maximum atomic E-state index is 11.1. The van der Waals surface area contributed by atoms with Gasteiger partial charge in [-0.3, -0.25) is 20.1 Å². The molecule has 0 spiro atoms. The second kappa shape index (κ2) is 6.55. The van der Waals surface area contributed by atoms with Gasteiger partial charge >= 0.3 is 0 Å². The Kier molecular flexibility index (Phi) is 4.25. The molecule has 0 bridgehead atoms. The highest BCUT2D eigenvalue weighted by molar-refractivity contribution is 5.44. The largest absolute Gasteiger partial charge is 0.298 e. The third-order valence-electron chi connectivity index (χ3n) is 5.36. The summed E-state index contributed by atoms with van der Waals surface area (Å²) in [5.41, 5.74) is 2.00. The normalized spacial score (nSPS) is 21.4. The molecule has 2 aliphatic rings. The van der Waals surface area contributed by atoms with Crippen molar-refractivity contribution >= 4 is 5.69 Å². The van der Waals surface area contributed by atoms with E-state index in [-0.39, 0.29) is 10.6 Å². The molecule has 2 heterocycles. The lowest BCUT2D eigenvalue weighted by Gasteiger charge is -2.31. The molecular weight excluding hydrogens is 318 g/mol. The van der Waals surface area contributed by atoms with Crippen LogP contribution in [0.15, 0.2) is 18.2 Å². The number of nitro groups is 1. The number of aromatic amines is 1. The number of piperidine rings is 1. The van der Waals surface area contributed by atoms with Crippen LogP contribution in [0, 0.1) is 17.0 Å². The first kappa shape index (κ1) is 16.2. The summed E-state index contributed by atoms with van der Waals surface area (Å²) >= 11 is 0. The second-order valence-corrected chi connectivity index (χ2v) is 7.25. The minimum atomic E-state index is -0.301. The van der Waals surface area contributed by atoms with Crippen molar-refractivity contribution in [1.82, 2.24) is 20.1 Å². The molecule has 2 aromatic rings. The first-order valence-corrected chi connectivity index (χ1v) is 8.99. The SMILES string of the molecule is Cc1c(CN2CCCC(c3n[nH]c(C4CC4)n3)C2)cccc1[N+](=O)[O-]. The zero-order valence-corrected chi connectivity index (χ0v) is 14.4. The summed E-state index contributed by atoms with van der Waals surface area (Å²) in [5.74, 6) is 2.91. The molecule has 1 aliphatic carbocycles. The third kappa shape index (κ3) is 3.42. The number of H-pyrrole nitrogens is 1. The monoisotopic (exact) mass is 341 g/mol. The fraction of sp³-hybridized carbons (Fsp3) is 0.556. The quantitative estimate of drug-likeness (QED) is 0.666. The molecule has 25 heavy (non-hydrogen) atoms. The van der Waals surface area contributed by atoms with Crippen molar-refractivity contribution in [2.45, 2.75) is 51.0 Å². The molecule has 1 aromatic heterocycles. The van der Waals surface area contributed by atoms with Gasteiger partial charge in [-0.1, -0.05) is 12.1 Å². The summed E-state index contributed by atoms with van der Waals surface area (Å²) in [5, 5.41) is 18.7. The fourth-order valence-corrected chi connectivity index (χ4v) is 3.70. The van der Waals surface area contributed by atoms with Gasteiger partial charge in [0.15, 0.2) is 5.82 Å². The molecule has 1 N–H and O–H groups in total. The van der Waals surface area contributed by atoms with Crippen LogP contribution in [0.1, 0.15) is 60.3 Å². The minimum Gasteiger partial charge on any atom is -0.298 e. The van der Waals surface area contributed by atoms with Crippen LogP contribution in [0.2, 0.25) is 0 Å². The molecular formula is C18H23N5O2. The predicted octanol–water partition coefficient (Wildman–Crippen LogP) is 3.28. The minimum absolute atomic E-state index is 0.203. The molecule has 132 valence electrons. The predicted molar refractivity (Wildman–Crippen MR) is 93.4 cm³/mol. The van der Waals surface area contributed by atoms with E-state index in [4.69, 9.17) is 4.98 Å². The number of nitrogens with zero attached hydrogens (tertiary/aromatic N) is 4. The summed E-state index contributed by atoms with van der Waals surface area (Å²) in [4.78, 5) is 17.9. The third-order valence-corrected chi connectivity index (χ3v) is 5.36. The van der Waals surface area contributed by atoms with Crippen molar-refractivity contribution < 1.29 is 4.92 Å². The molecule has 7 nitrogen and oxygen atoms in total. The molecule has 1 unspecified atom stereocenters. The Labute approximate surface area is 146 Å². The van der Waals surface area contributed by atoms with Gasteiger partial charge in [0.2, 0.25) is 0 Å². The molecule has 4 rings (SSSR count). The first-order valence-electron chi connectivity index (χ1n) is 8.99. The van der Waals surface area contributed by atoms with Crippen molar-refractivity contribution in [2.75, 3.05) is 13.1 Å². The van der Waals surface area contributed by atoms with Crippen LogP contribution in [0.25, 0.3) is 0 Å². The Morgan fingerprint density at radius 2 is 2.16 bits per heavy atom. The number of nitrogens with one attached hydrogen (secondary N) is 1. The molecule has 1 atom stereocenters. The molecule has 2 fully saturated rings. The van der Waals surface area contributed by atoms with Crippen LogP contribution in [0.4, 0.5) is 5.69 Å². The molecule has 0 amide bonds. The van der Waals surface area contributed by atoms with Gasteiger partial charge in [-0.15, -0.1) is 0 Å². The Bertz CT molecular complexity index is 784. The van der Waals surface area contributed by atoms with E-state index in [1.54, 1.807) is 12.1 Å². The number of rotatable bonds is 5. The number of hydrogen-bond acceptors (Lipinski definition) is 5. The number of aromatic nitrogens is 3. The Hall–Kier alpha value is -2.28. The smallest absolute Gasteiger partial charge is 0.272 e. The molecule has 1 saturated carbocycles. The van der Waals surface area contributed by atoms with Crippen LogP contribution >= 0.6 is 0 Å². The lowest BCUT2D eigenvalue weighted by Crippen LogP contribution is -2.34. The van der Waals surface area contributed by atoms with Gasteiger partial charge in [-0.2, -0.15) is 5.10 Å². The van der Waals surface area contributed by atoms with E-state index in [1.807, 2.05) is 13.0 Å². The summed E-state index contributed by atoms with van der Waals surface area (Å²) in [6.07, 6.45) is 4.65. The van der Waals surface area contributed by atoms with E-state index in [1.165, 1.54) is 12.8 Å². The van der Waals surface area contributed by atoms with E-state index >= 15 is 0 Å². The molecule has 1 aliphatic heterocycles. The lowest BCUT2D eigenvalue weighted by molar-refractivity contribution is -0.385.